The van der Waals surface area contributed by atoms with E-state index in [4.69, 9.17) is 9.47 Å². The number of hydrogen-bond acceptors (Lipinski definition) is 8. The molecule has 0 aromatic heterocycles. The fraction of sp³-hybridized carbons (Fsp3) is 0.750. The average molecular weight is 817 g/mol. The Morgan fingerprint density at radius 2 is 0.638 bits per heavy atom. The maximum atomic E-state index is 13.2. The van der Waals surface area contributed by atoms with Gasteiger partial charge in [-0.3, -0.25) is 28.8 Å². The highest BCUT2D eigenvalue weighted by Crippen LogP contribution is 2.18. The van der Waals surface area contributed by atoms with E-state index in [2.05, 4.69) is 20.8 Å². The first-order chi connectivity index (χ1) is 28.0. The molecule has 10 heteroatoms. The van der Waals surface area contributed by atoms with E-state index in [1.54, 1.807) is 18.2 Å². The summed E-state index contributed by atoms with van der Waals surface area (Å²) in [4.78, 5) is 75.1. The van der Waals surface area contributed by atoms with E-state index < -0.39 is 72.8 Å². The first-order valence-electron chi connectivity index (χ1n) is 23.0. The molecule has 0 bridgehead atoms. The summed E-state index contributed by atoms with van der Waals surface area (Å²) in [6.45, 7) is 6.55. The number of esters is 4. The number of allylic oxidation sites excluding steroid dienone is 3. The second-order valence-corrected chi connectivity index (χ2v) is 15.8. The largest absolute Gasteiger partial charge is 0.481 e. The summed E-state index contributed by atoms with van der Waals surface area (Å²) >= 11 is 0. The van der Waals surface area contributed by atoms with Crippen LogP contribution in [0.1, 0.15) is 213 Å². The lowest BCUT2D eigenvalue weighted by atomic mass is 10.0. The summed E-state index contributed by atoms with van der Waals surface area (Å²) in [7, 11) is 0. The van der Waals surface area contributed by atoms with Gasteiger partial charge in [-0.1, -0.05) is 192 Å². The molecule has 332 valence electrons. The molecule has 0 aliphatic carbocycles. The van der Waals surface area contributed by atoms with Crippen LogP contribution in [0.2, 0.25) is 0 Å². The van der Waals surface area contributed by atoms with Crippen molar-refractivity contribution in [1.82, 2.24) is 0 Å². The number of rotatable bonds is 39. The van der Waals surface area contributed by atoms with Crippen molar-refractivity contribution in [2.45, 2.75) is 213 Å². The lowest BCUT2D eigenvalue weighted by Crippen LogP contribution is -2.26. The minimum absolute atomic E-state index is 0.556. The Labute approximate surface area is 351 Å². The summed E-state index contributed by atoms with van der Waals surface area (Å²) in [5.74, 6) is -10.2. The summed E-state index contributed by atoms with van der Waals surface area (Å²) in [5.41, 5.74) is 0. The smallest absolute Gasteiger partial charge is 0.321 e. The quantitative estimate of drug-likeness (QED) is 0.0264. The van der Waals surface area contributed by atoms with Crippen LogP contribution in [0, 0.1) is 17.8 Å². The molecular formula is C48H80O10. The monoisotopic (exact) mass is 817 g/mol. The van der Waals surface area contributed by atoms with Crippen molar-refractivity contribution in [1.29, 1.82) is 0 Å². The van der Waals surface area contributed by atoms with Crippen molar-refractivity contribution in [3.8, 4) is 0 Å². The second kappa shape index (κ2) is 38.9. The lowest BCUT2D eigenvalue weighted by Gasteiger charge is -2.13. The van der Waals surface area contributed by atoms with E-state index in [0.717, 1.165) is 64.2 Å². The van der Waals surface area contributed by atoms with Crippen LogP contribution < -0.4 is 0 Å². The molecule has 0 aliphatic heterocycles. The van der Waals surface area contributed by atoms with E-state index in [1.807, 2.05) is 0 Å². The summed E-state index contributed by atoms with van der Waals surface area (Å²) in [5, 5.41) is 19.4. The highest BCUT2D eigenvalue weighted by atomic mass is 16.6. The van der Waals surface area contributed by atoms with Crippen molar-refractivity contribution in [2.24, 2.45) is 17.8 Å². The fourth-order valence-corrected chi connectivity index (χ4v) is 6.65. The van der Waals surface area contributed by atoms with Crippen molar-refractivity contribution in [3.63, 3.8) is 0 Å². The Bertz CT molecular complexity index is 1200. The highest BCUT2D eigenvalue weighted by Gasteiger charge is 2.28. The number of ether oxygens (including phenoxy) is 2. The normalized spacial score (nSPS) is 13.2. The van der Waals surface area contributed by atoms with Crippen molar-refractivity contribution >= 4 is 35.8 Å². The molecule has 0 amide bonds. The Morgan fingerprint density at radius 3 is 0.948 bits per heavy atom. The van der Waals surface area contributed by atoms with Crippen LogP contribution in [0.3, 0.4) is 0 Å². The van der Waals surface area contributed by atoms with Gasteiger partial charge in [0.15, 0.2) is 0 Å². The number of unbranched alkanes of at least 4 members (excludes halogenated alkanes) is 24. The maximum absolute atomic E-state index is 13.2. The van der Waals surface area contributed by atoms with Gasteiger partial charge in [-0.15, -0.1) is 0 Å². The summed E-state index contributed by atoms with van der Waals surface area (Å²) < 4.78 is 9.96. The molecule has 10 nitrogen and oxygen atoms in total. The van der Waals surface area contributed by atoms with E-state index in [0.29, 0.717) is 19.3 Å². The third-order valence-corrected chi connectivity index (χ3v) is 10.3. The number of aliphatic carboxylic acids is 2. The lowest BCUT2D eigenvalue weighted by molar-refractivity contribution is -0.168. The standard InChI is InChI=1S/C48H80O10/c1-4-7-10-13-16-19-22-25-28-31-34-40(46(52)53)37-43(49)57-44(50)39-42(36-33-30-27-24-21-18-15-12-9-6-3)48(56)58-45(51)38-41(47(54)55)35-32-29-26-23-20-17-14-11-8-5-2/h31-36,40-42H,4-30,37-39H2,1-3H3,(H,52,53)(H,54,55). The average Bonchev–Trinajstić information content (AvgIpc) is 3.18. The van der Waals surface area contributed by atoms with Crippen LogP contribution in [-0.2, 0) is 38.2 Å². The summed E-state index contributed by atoms with van der Waals surface area (Å²) in [6, 6.07) is 0. The van der Waals surface area contributed by atoms with Crippen LogP contribution in [0.15, 0.2) is 36.5 Å². The number of carbonyl (C=O) groups is 6. The van der Waals surface area contributed by atoms with E-state index in [-0.39, 0.29) is 0 Å². The Hall–Kier alpha value is -3.56. The molecule has 0 aromatic carbocycles. The minimum atomic E-state index is -1.26. The van der Waals surface area contributed by atoms with Gasteiger partial charge in [0.05, 0.1) is 37.0 Å². The number of carboxylic acids is 2. The van der Waals surface area contributed by atoms with Gasteiger partial charge in [-0.2, -0.15) is 0 Å². The van der Waals surface area contributed by atoms with Crippen molar-refractivity contribution < 1.29 is 48.5 Å². The van der Waals surface area contributed by atoms with Gasteiger partial charge < -0.3 is 19.7 Å². The van der Waals surface area contributed by atoms with Crippen LogP contribution in [0.25, 0.3) is 0 Å². The molecule has 0 spiro atoms. The molecule has 3 atom stereocenters. The molecular weight excluding hydrogens is 737 g/mol. The maximum Gasteiger partial charge on any atom is 0.321 e. The Balaban J connectivity index is 5.23. The Morgan fingerprint density at radius 1 is 0.379 bits per heavy atom. The first kappa shape index (κ1) is 54.4. The molecule has 0 rings (SSSR count). The van der Waals surface area contributed by atoms with Crippen molar-refractivity contribution in [2.75, 3.05) is 0 Å². The van der Waals surface area contributed by atoms with E-state index in [1.165, 1.54) is 108 Å². The molecule has 3 unspecified atom stereocenters. The zero-order valence-electron chi connectivity index (χ0n) is 36.6. The van der Waals surface area contributed by atoms with Gasteiger partial charge in [0.1, 0.15) is 0 Å². The fourth-order valence-electron chi connectivity index (χ4n) is 6.65. The predicted molar refractivity (Wildman–Crippen MR) is 231 cm³/mol. The molecule has 0 saturated heterocycles. The van der Waals surface area contributed by atoms with Crippen molar-refractivity contribution in [3.05, 3.63) is 36.5 Å². The van der Waals surface area contributed by atoms with E-state index >= 15 is 0 Å². The van der Waals surface area contributed by atoms with Crippen LogP contribution >= 0.6 is 0 Å². The van der Waals surface area contributed by atoms with Crippen LogP contribution in [0.4, 0.5) is 0 Å². The third kappa shape index (κ3) is 33.4. The van der Waals surface area contributed by atoms with E-state index in [9.17, 15) is 39.0 Å². The minimum Gasteiger partial charge on any atom is -0.481 e. The summed E-state index contributed by atoms with van der Waals surface area (Å²) in [6.07, 6.45) is 37.3. The molecule has 0 aliphatic rings. The van der Waals surface area contributed by atoms with Crippen LogP contribution in [0.5, 0.6) is 0 Å². The van der Waals surface area contributed by atoms with Gasteiger partial charge >= 0.3 is 35.8 Å². The molecule has 0 heterocycles. The number of hydrogen-bond donors (Lipinski definition) is 2. The van der Waals surface area contributed by atoms with Crippen LogP contribution in [-0.4, -0.2) is 46.0 Å². The Kier molecular flexibility index (Phi) is 36.5. The van der Waals surface area contributed by atoms with Gasteiger partial charge in [-0.05, 0) is 38.5 Å². The molecule has 0 radical (unpaired) electrons. The topological polar surface area (TPSA) is 161 Å². The second-order valence-electron chi connectivity index (χ2n) is 15.8. The highest BCUT2D eigenvalue weighted by molar-refractivity contribution is 5.93. The zero-order valence-corrected chi connectivity index (χ0v) is 36.6. The van der Waals surface area contributed by atoms with Gasteiger partial charge in [-0.25, -0.2) is 0 Å². The zero-order chi connectivity index (χ0) is 43.1. The molecule has 0 aromatic rings. The molecule has 2 N–H and O–H groups in total. The van der Waals surface area contributed by atoms with Gasteiger partial charge in [0.25, 0.3) is 0 Å². The number of carbonyl (C=O) groups excluding carboxylic acids is 4. The predicted octanol–water partition coefficient (Wildman–Crippen LogP) is 12.6. The molecule has 0 fully saturated rings. The number of carboxylic acid groups (broad SMARTS) is 2. The third-order valence-electron chi connectivity index (χ3n) is 10.3. The molecule has 58 heavy (non-hydrogen) atoms. The van der Waals surface area contributed by atoms with Gasteiger partial charge in [0, 0.05) is 0 Å². The first-order valence-corrected chi connectivity index (χ1v) is 23.0. The van der Waals surface area contributed by atoms with Gasteiger partial charge in [0.2, 0.25) is 0 Å². The SMILES string of the molecule is CCCCCCCCCCC=CC(CC(=O)OC(=O)CC(C=CCCCCCCCCCC)C(=O)OC(=O)CC(C=CCCCCCCCCCC)C(=O)O)C(=O)O. The molecule has 0 saturated carbocycles.